The summed E-state index contributed by atoms with van der Waals surface area (Å²) >= 11 is 0. The van der Waals surface area contributed by atoms with Crippen molar-refractivity contribution >= 4 is 41.7 Å². The fraction of sp³-hybridized carbons (Fsp3) is 0.435. The molecule has 0 aliphatic heterocycles. The first-order valence-electron chi connectivity index (χ1n) is 12.1. The van der Waals surface area contributed by atoms with Crippen molar-refractivity contribution in [2.75, 3.05) is 13.2 Å². The van der Waals surface area contributed by atoms with Gasteiger partial charge in [-0.1, -0.05) is 30.3 Å². The SMILES string of the molecule is C[C@H](NC(=O)NNC(N)=O)C(=O)N[C@H](C(=O)NCC(=O)N[C@@H](CO)C(=O)N[C@@H](Cc1ccccc1)C(=O)O)[C@@H](C)O. The zero-order valence-electron chi connectivity index (χ0n) is 22.2. The number of aliphatic hydroxyl groups excluding tert-OH is 2. The molecule has 5 atom stereocenters. The molecule has 226 valence electrons. The Balaban J connectivity index is 2.66. The second kappa shape index (κ2) is 16.9. The summed E-state index contributed by atoms with van der Waals surface area (Å²) in [7, 11) is 0. The zero-order valence-corrected chi connectivity index (χ0v) is 22.2. The number of rotatable bonds is 14. The van der Waals surface area contributed by atoms with Gasteiger partial charge in [0, 0.05) is 6.42 Å². The third-order valence-corrected chi connectivity index (χ3v) is 5.26. The van der Waals surface area contributed by atoms with Crippen LogP contribution >= 0.6 is 0 Å². The number of hydrazine groups is 1. The molecule has 8 amide bonds. The van der Waals surface area contributed by atoms with E-state index in [1.54, 1.807) is 35.8 Å². The molecule has 0 bridgehead atoms. The maximum absolute atomic E-state index is 12.5. The van der Waals surface area contributed by atoms with Gasteiger partial charge in [-0.3, -0.25) is 19.2 Å². The lowest BCUT2D eigenvalue weighted by atomic mass is 10.1. The fourth-order valence-electron chi connectivity index (χ4n) is 3.14. The van der Waals surface area contributed by atoms with E-state index >= 15 is 0 Å². The van der Waals surface area contributed by atoms with Crippen molar-refractivity contribution in [2.45, 2.75) is 50.5 Å². The Morgan fingerprint density at radius 2 is 1.46 bits per heavy atom. The van der Waals surface area contributed by atoms with Crippen molar-refractivity contribution in [3.8, 4) is 0 Å². The average molecular weight is 583 g/mol. The molecule has 0 aliphatic carbocycles. The summed E-state index contributed by atoms with van der Waals surface area (Å²) in [6, 6.07) is 0.656. The average Bonchev–Trinajstić information content (AvgIpc) is 2.91. The Morgan fingerprint density at radius 1 is 0.829 bits per heavy atom. The van der Waals surface area contributed by atoms with Gasteiger partial charge in [0.15, 0.2) is 0 Å². The van der Waals surface area contributed by atoms with Gasteiger partial charge in [0.2, 0.25) is 23.6 Å². The van der Waals surface area contributed by atoms with Crippen molar-refractivity contribution in [3.63, 3.8) is 0 Å². The normalized spacial score (nSPS) is 14.0. The predicted octanol–water partition coefficient (Wildman–Crippen LogP) is -4.47. The van der Waals surface area contributed by atoms with E-state index in [1.807, 2.05) is 5.43 Å². The molecule has 0 aliphatic rings. The maximum atomic E-state index is 12.5. The quantitative estimate of drug-likeness (QED) is 0.0935. The minimum absolute atomic E-state index is 0.0560. The van der Waals surface area contributed by atoms with Crippen LogP contribution in [0.5, 0.6) is 0 Å². The lowest BCUT2D eigenvalue weighted by molar-refractivity contribution is -0.142. The molecule has 0 spiro atoms. The zero-order chi connectivity index (χ0) is 31.1. The van der Waals surface area contributed by atoms with Gasteiger partial charge in [0.05, 0.1) is 19.3 Å². The molecule has 18 heteroatoms. The van der Waals surface area contributed by atoms with Crippen molar-refractivity contribution in [2.24, 2.45) is 5.73 Å². The van der Waals surface area contributed by atoms with Crippen molar-refractivity contribution in [1.82, 2.24) is 37.4 Å². The monoisotopic (exact) mass is 582 g/mol. The second-order valence-electron chi connectivity index (χ2n) is 8.65. The van der Waals surface area contributed by atoms with Gasteiger partial charge < -0.3 is 47.6 Å². The number of carbonyl (C=O) groups is 7. The molecule has 1 aromatic rings. The summed E-state index contributed by atoms with van der Waals surface area (Å²) in [6.07, 6.45) is -1.51. The van der Waals surface area contributed by atoms with Gasteiger partial charge in [-0.2, -0.15) is 0 Å². The lowest BCUT2D eigenvalue weighted by Crippen LogP contribution is -2.59. The van der Waals surface area contributed by atoms with Gasteiger partial charge in [-0.05, 0) is 19.4 Å². The smallest absolute Gasteiger partial charge is 0.334 e. The Bertz CT molecular complexity index is 1100. The predicted molar refractivity (Wildman–Crippen MR) is 139 cm³/mol. The molecular formula is C23H34N8O10. The number of amides is 8. The first kappa shape index (κ1) is 34.1. The van der Waals surface area contributed by atoms with E-state index in [0.29, 0.717) is 5.56 Å². The number of hydrogen-bond donors (Lipinski definition) is 11. The molecule has 1 aromatic carbocycles. The molecule has 18 nitrogen and oxygen atoms in total. The van der Waals surface area contributed by atoms with Crippen LogP contribution in [0.25, 0.3) is 0 Å². The first-order valence-corrected chi connectivity index (χ1v) is 12.1. The highest BCUT2D eigenvalue weighted by molar-refractivity contribution is 5.95. The van der Waals surface area contributed by atoms with Gasteiger partial charge in [0.1, 0.15) is 24.2 Å². The molecule has 0 radical (unpaired) electrons. The highest BCUT2D eigenvalue weighted by atomic mass is 16.4. The van der Waals surface area contributed by atoms with E-state index in [4.69, 9.17) is 5.73 Å². The van der Waals surface area contributed by atoms with Crippen molar-refractivity contribution < 1.29 is 48.9 Å². The number of carboxylic acid groups (broad SMARTS) is 1. The van der Waals surface area contributed by atoms with Crippen LogP contribution in [0.1, 0.15) is 19.4 Å². The highest BCUT2D eigenvalue weighted by Crippen LogP contribution is 2.04. The van der Waals surface area contributed by atoms with Crippen LogP contribution < -0.4 is 43.2 Å². The van der Waals surface area contributed by atoms with Gasteiger partial charge in [-0.15, -0.1) is 0 Å². The van der Waals surface area contributed by atoms with Crippen LogP contribution in [0.3, 0.4) is 0 Å². The van der Waals surface area contributed by atoms with E-state index in [-0.39, 0.29) is 6.42 Å². The van der Waals surface area contributed by atoms with E-state index < -0.39 is 85.1 Å². The standard InChI is InChI=1S/C23H34N8O10/c1-11(26-23(41)31-30-22(24)40)18(35)29-17(12(2)33)20(37)25-9-16(34)27-15(10-32)19(36)28-14(21(38)39)8-13-6-4-3-5-7-13/h3-7,11-12,14-15,17,32-33H,8-10H2,1-2H3,(H,25,37)(H,27,34)(H,28,36)(H,29,35)(H,38,39)(H3,24,30,40)(H2,26,31,41)/t11-,12+,14-,15-,17-/m0/s1. The number of aliphatic hydroxyl groups is 2. The largest absolute Gasteiger partial charge is 0.480 e. The number of hydrogen-bond acceptors (Lipinski definition) is 9. The number of benzene rings is 1. The number of urea groups is 2. The molecule has 0 saturated carbocycles. The van der Waals surface area contributed by atoms with Crippen LogP contribution in [-0.2, 0) is 30.4 Å². The van der Waals surface area contributed by atoms with E-state index in [2.05, 4.69) is 26.6 Å². The fourth-order valence-corrected chi connectivity index (χ4v) is 3.14. The second-order valence-corrected chi connectivity index (χ2v) is 8.65. The molecule has 0 fully saturated rings. The number of primary amides is 1. The van der Waals surface area contributed by atoms with Crippen LogP contribution in [0, 0.1) is 0 Å². The molecule has 0 heterocycles. The van der Waals surface area contributed by atoms with Gasteiger partial charge in [-0.25, -0.2) is 25.2 Å². The summed E-state index contributed by atoms with van der Waals surface area (Å²) in [5.41, 5.74) is 9.05. The minimum Gasteiger partial charge on any atom is -0.480 e. The Labute approximate surface area is 233 Å². The molecule has 0 aromatic heterocycles. The summed E-state index contributed by atoms with van der Waals surface area (Å²) in [5, 5.41) is 39.8. The van der Waals surface area contributed by atoms with E-state index in [1.165, 1.54) is 13.8 Å². The third kappa shape index (κ3) is 12.6. The summed E-state index contributed by atoms with van der Waals surface area (Å²) in [4.78, 5) is 83.5. The molecule has 0 saturated heterocycles. The van der Waals surface area contributed by atoms with Crippen molar-refractivity contribution in [3.05, 3.63) is 35.9 Å². The number of nitrogens with one attached hydrogen (secondary N) is 7. The van der Waals surface area contributed by atoms with Gasteiger partial charge >= 0.3 is 18.0 Å². The maximum Gasteiger partial charge on any atom is 0.334 e. The van der Waals surface area contributed by atoms with Crippen LogP contribution in [-0.4, -0.2) is 100 Å². The molecule has 12 N–H and O–H groups in total. The van der Waals surface area contributed by atoms with E-state index in [0.717, 1.165) is 0 Å². The first-order chi connectivity index (χ1) is 19.2. The molecule has 0 unspecified atom stereocenters. The number of carboxylic acids is 1. The van der Waals surface area contributed by atoms with Gasteiger partial charge in [0.25, 0.3) is 0 Å². The number of aliphatic carboxylic acids is 1. The molecule has 41 heavy (non-hydrogen) atoms. The van der Waals surface area contributed by atoms with Crippen LogP contribution in [0.2, 0.25) is 0 Å². The Morgan fingerprint density at radius 3 is 2.00 bits per heavy atom. The number of carbonyl (C=O) groups excluding carboxylic acids is 6. The Kier molecular flexibility index (Phi) is 14.0. The molecule has 1 rings (SSSR count). The summed E-state index contributed by atoms with van der Waals surface area (Å²) in [5.74, 6) is -5.19. The Hall–Kier alpha value is -4.97. The summed E-state index contributed by atoms with van der Waals surface area (Å²) in [6.45, 7) is 0.775. The van der Waals surface area contributed by atoms with Crippen molar-refractivity contribution in [1.29, 1.82) is 0 Å². The minimum atomic E-state index is -1.57. The van der Waals surface area contributed by atoms with Crippen LogP contribution in [0.4, 0.5) is 9.59 Å². The summed E-state index contributed by atoms with van der Waals surface area (Å²) < 4.78 is 0. The third-order valence-electron chi connectivity index (χ3n) is 5.26. The highest BCUT2D eigenvalue weighted by Gasteiger charge is 2.30. The lowest BCUT2D eigenvalue weighted by Gasteiger charge is -2.23. The number of nitrogens with two attached hydrogens (primary N) is 1. The van der Waals surface area contributed by atoms with Crippen LogP contribution in [0.15, 0.2) is 30.3 Å². The topological polar surface area (TPSA) is 290 Å². The molecular weight excluding hydrogens is 548 g/mol. The van der Waals surface area contributed by atoms with E-state index in [9.17, 15) is 48.9 Å².